The van der Waals surface area contributed by atoms with Gasteiger partial charge in [0.25, 0.3) is 11.5 Å². The van der Waals surface area contributed by atoms with Crippen molar-refractivity contribution < 1.29 is 14.3 Å². The van der Waals surface area contributed by atoms with Gasteiger partial charge in [0.15, 0.2) is 0 Å². The minimum Gasteiger partial charge on any atom is -0.471 e. The molecular formula is C24H29N5O5. The number of aromatic nitrogens is 4. The number of carbonyl (C=O) groups excluding carboxylic acids is 1. The minimum absolute atomic E-state index is 0.0378. The summed E-state index contributed by atoms with van der Waals surface area (Å²) in [7, 11) is 4.77. The van der Waals surface area contributed by atoms with E-state index in [0.717, 1.165) is 22.0 Å². The molecule has 1 aromatic carbocycles. The van der Waals surface area contributed by atoms with Crippen molar-refractivity contribution in [1.29, 1.82) is 0 Å². The number of hydrogen-bond acceptors (Lipinski definition) is 6. The monoisotopic (exact) mass is 467 g/mol. The Morgan fingerprint density at radius 3 is 2.79 bits per heavy atom. The Hall–Kier alpha value is -3.40. The summed E-state index contributed by atoms with van der Waals surface area (Å²) in [6.45, 7) is 2.42. The average Bonchev–Trinajstić information content (AvgIpc) is 3.36. The topological polar surface area (TPSA) is 101 Å². The molecule has 0 unspecified atom stereocenters. The van der Waals surface area contributed by atoms with Gasteiger partial charge < -0.3 is 18.9 Å². The van der Waals surface area contributed by atoms with Crippen molar-refractivity contribution in [2.24, 2.45) is 14.1 Å². The zero-order valence-electron chi connectivity index (χ0n) is 19.7. The first-order valence-electron chi connectivity index (χ1n) is 11.5. The lowest BCUT2D eigenvalue weighted by atomic mass is 9.90. The van der Waals surface area contributed by atoms with Crippen LogP contribution >= 0.6 is 0 Å². The molecule has 2 aliphatic heterocycles. The first-order chi connectivity index (χ1) is 16.3. The van der Waals surface area contributed by atoms with E-state index >= 15 is 0 Å². The maximum absolute atomic E-state index is 13.3. The molecule has 10 nitrogen and oxygen atoms in total. The van der Waals surface area contributed by atoms with Crippen LogP contribution in [0.15, 0.2) is 34.1 Å². The zero-order valence-corrected chi connectivity index (χ0v) is 19.7. The van der Waals surface area contributed by atoms with E-state index in [-0.39, 0.29) is 11.5 Å². The van der Waals surface area contributed by atoms with Gasteiger partial charge in [0.2, 0.25) is 5.88 Å². The van der Waals surface area contributed by atoms with Crippen LogP contribution in [0.3, 0.4) is 0 Å². The Morgan fingerprint density at radius 2 is 2.00 bits per heavy atom. The Balaban J connectivity index is 1.34. The summed E-state index contributed by atoms with van der Waals surface area (Å²) in [6, 6.07) is 5.61. The molecule has 10 heteroatoms. The standard InChI is InChI=1S/C24H29N5O5/c1-26-21(31)17-14-24(34-22(17)27(2)23(26)32)7-4-9-28(10-8-24)20(30)16-5-6-19-18(13-16)25-15-29(19)11-12-33-3/h5-6,13,15H,4,7-12,14H2,1-3H3/t24-/m1/s1. The summed E-state index contributed by atoms with van der Waals surface area (Å²) in [5, 5.41) is 0. The SMILES string of the molecule is COCCn1cnc2cc(C(=O)N3CCC[C@@]4(CC3)Cc3c(n(C)c(=O)n(C)c3=O)O4)ccc21. The van der Waals surface area contributed by atoms with Crippen molar-refractivity contribution in [2.75, 3.05) is 26.8 Å². The van der Waals surface area contributed by atoms with E-state index in [1.165, 1.54) is 11.6 Å². The van der Waals surface area contributed by atoms with Crippen LogP contribution in [0.2, 0.25) is 0 Å². The lowest BCUT2D eigenvalue weighted by molar-refractivity contribution is 0.0636. The van der Waals surface area contributed by atoms with E-state index in [9.17, 15) is 14.4 Å². The molecule has 1 atom stereocenters. The number of methoxy groups -OCH3 is 1. The molecule has 1 amide bonds. The van der Waals surface area contributed by atoms with Crippen LogP contribution in [0.25, 0.3) is 11.0 Å². The smallest absolute Gasteiger partial charge is 0.333 e. The molecule has 2 aliphatic rings. The quantitative estimate of drug-likeness (QED) is 0.569. The van der Waals surface area contributed by atoms with Crippen LogP contribution in [0.5, 0.6) is 5.88 Å². The van der Waals surface area contributed by atoms with Crippen LogP contribution in [0, 0.1) is 0 Å². The fourth-order valence-corrected chi connectivity index (χ4v) is 5.14. The highest BCUT2D eigenvalue weighted by atomic mass is 16.5. The third kappa shape index (κ3) is 3.62. The summed E-state index contributed by atoms with van der Waals surface area (Å²) >= 11 is 0. The van der Waals surface area contributed by atoms with Crippen molar-refractivity contribution in [3.63, 3.8) is 0 Å². The molecule has 1 fully saturated rings. The second-order valence-corrected chi connectivity index (χ2v) is 9.23. The first kappa shape index (κ1) is 22.4. The number of rotatable bonds is 4. The van der Waals surface area contributed by atoms with E-state index in [4.69, 9.17) is 9.47 Å². The highest BCUT2D eigenvalue weighted by molar-refractivity contribution is 5.97. The van der Waals surface area contributed by atoms with Crippen LogP contribution in [0.1, 0.15) is 35.2 Å². The van der Waals surface area contributed by atoms with Gasteiger partial charge in [-0.1, -0.05) is 0 Å². The van der Waals surface area contributed by atoms with Crippen molar-refractivity contribution >= 4 is 16.9 Å². The van der Waals surface area contributed by atoms with Gasteiger partial charge in [-0.3, -0.25) is 18.7 Å². The number of hydrogen-bond donors (Lipinski definition) is 0. The summed E-state index contributed by atoms with van der Waals surface area (Å²) in [4.78, 5) is 44.6. The fraction of sp³-hybridized carbons (Fsp3) is 0.500. The molecule has 0 saturated carbocycles. The van der Waals surface area contributed by atoms with E-state index in [1.807, 2.05) is 27.7 Å². The zero-order chi connectivity index (χ0) is 24.0. The van der Waals surface area contributed by atoms with Gasteiger partial charge in [-0.25, -0.2) is 9.78 Å². The Kier molecular flexibility index (Phi) is 5.55. The summed E-state index contributed by atoms with van der Waals surface area (Å²) in [5.74, 6) is 0.326. The molecule has 0 radical (unpaired) electrons. The molecule has 4 heterocycles. The molecule has 5 rings (SSSR count). The normalized spacial score (nSPS) is 19.9. The second kappa shape index (κ2) is 8.43. The number of likely N-dealkylation sites (tertiary alicyclic amines) is 1. The van der Waals surface area contributed by atoms with Crippen LogP contribution < -0.4 is 16.0 Å². The highest BCUT2D eigenvalue weighted by Gasteiger charge is 2.44. The van der Waals surface area contributed by atoms with Gasteiger partial charge in [0, 0.05) is 59.2 Å². The van der Waals surface area contributed by atoms with Crippen molar-refractivity contribution in [1.82, 2.24) is 23.6 Å². The molecular weight excluding hydrogens is 438 g/mol. The van der Waals surface area contributed by atoms with E-state index < -0.39 is 11.3 Å². The molecule has 1 spiro atoms. The Bertz CT molecular complexity index is 1390. The lowest BCUT2D eigenvalue weighted by Gasteiger charge is -2.27. The fourth-order valence-electron chi connectivity index (χ4n) is 5.14. The summed E-state index contributed by atoms with van der Waals surface area (Å²) in [5.41, 5.74) is 1.62. The maximum Gasteiger partial charge on any atom is 0.333 e. The third-order valence-electron chi connectivity index (χ3n) is 7.10. The Morgan fingerprint density at radius 1 is 1.18 bits per heavy atom. The third-order valence-corrected chi connectivity index (χ3v) is 7.10. The molecule has 0 bridgehead atoms. The molecule has 0 aliphatic carbocycles. The molecule has 180 valence electrons. The average molecular weight is 468 g/mol. The number of fused-ring (bicyclic) bond motifs is 2. The van der Waals surface area contributed by atoms with E-state index in [2.05, 4.69) is 4.98 Å². The van der Waals surface area contributed by atoms with E-state index in [0.29, 0.717) is 62.5 Å². The first-order valence-corrected chi connectivity index (χ1v) is 11.5. The van der Waals surface area contributed by atoms with Gasteiger partial charge in [0.1, 0.15) is 5.60 Å². The number of carbonyl (C=O) groups is 1. The lowest BCUT2D eigenvalue weighted by Crippen LogP contribution is -2.38. The van der Waals surface area contributed by atoms with Crippen molar-refractivity contribution in [3.05, 3.63) is 56.5 Å². The van der Waals surface area contributed by atoms with Crippen LogP contribution in [-0.4, -0.2) is 61.9 Å². The minimum atomic E-state index is -0.570. The van der Waals surface area contributed by atoms with Gasteiger partial charge in [-0.05, 0) is 31.0 Å². The molecule has 34 heavy (non-hydrogen) atoms. The number of ether oxygens (including phenoxy) is 2. The summed E-state index contributed by atoms with van der Waals surface area (Å²) < 4.78 is 16.0. The molecule has 3 aromatic rings. The van der Waals surface area contributed by atoms with Crippen LogP contribution in [-0.2, 0) is 31.8 Å². The number of nitrogens with zero attached hydrogens (tertiary/aromatic N) is 5. The number of amides is 1. The van der Waals surface area contributed by atoms with Gasteiger partial charge >= 0.3 is 5.69 Å². The predicted octanol–water partition coefficient (Wildman–Crippen LogP) is 1.08. The van der Waals surface area contributed by atoms with E-state index in [1.54, 1.807) is 20.5 Å². The van der Waals surface area contributed by atoms with Crippen molar-refractivity contribution in [3.8, 4) is 5.88 Å². The molecule has 0 N–H and O–H groups in total. The van der Waals surface area contributed by atoms with Gasteiger partial charge in [0.05, 0.1) is 29.5 Å². The van der Waals surface area contributed by atoms with Crippen molar-refractivity contribution in [2.45, 2.75) is 37.8 Å². The predicted molar refractivity (Wildman–Crippen MR) is 125 cm³/mol. The second-order valence-electron chi connectivity index (χ2n) is 9.23. The highest BCUT2D eigenvalue weighted by Crippen LogP contribution is 2.39. The molecule has 2 aromatic heterocycles. The summed E-state index contributed by atoms with van der Waals surface area (Å²) in [6.07, 6.45) is 4.28. The number of imidazole rings is 1. The van der Waals surface area contributed by atoms with Gasteiger partial charge in [-0.2, -0.15) is 0 Å². The number of benzene rings is 1. The molecule has 1 saturated heterocycles. The largest absolute Gasteiger partial charge is 0.471 e. The maximum atomic E-state index is 13.3. The Labute approximate surface area is 196 Å². The van der Waals surface area contributed by atoms with Gasteiger partial charge in [-0.15, -0.1) is 0 Å². The van der Waals surface area contributed by atoms with Crippen LogP contribution in [0.4, 0.5) is 0 Å².